The van der Waals surface area contributed by atoms with Gasteiger partial charge in [0.25, 0.3) is 0 Å². The van der Waals surface area contributed by atoms with E-state index in [2.05, 4.69) is 10.3 Å². The minimum Gasteiger partial charge on any atom is -0.345 e. The van der Waals surface area contributed by atoms with Crippen LogP contribution in [0.3, 0.4) is 0 Å². The van der Waals surface area contributed by atoms with E-state index in [1.807, 2.05) is 31.2 Å². The van der Waals surface area contributed by atoms with Crippen LogP contribution in [0.4, 0.5) is 5.82 Å². The predicted molar refractivity (Wildman–Crippen MR) is 77.1 cm³/mol. The first-order chi connectivity index (χ1) is 9.70. The minimum atomic E-state index is -0.309. The third-order valence-electron chi connectivity index (χ3n) is 2.71. The Kier molecular flexibility index (Phi) is 4.25. The number of hydrogen-bond donors (Lipinski definition) is 1. The van der Waals surface area contributed by atoms with Gasteiger partial charge in [0.2, 0.25) is 5.78 Å². The van der Waals surface area contributed by atoms with Gasteiger partial charge in [-0.2, -0.15) is 5.26 Å². The zero-order valence-electron chi connectivity index (χ0n) is 11.0. The standard InChI is InChI=1S/C16H13N3O/c1-12-5-7-13(8-6-12)16(20)14(10-17)11-19-15-4-2-3-9-18-15/h2-9,11H,1H3,(H,18,19)/b14-11+. The number of nitriles is 1. The van der Waals surface area contributed by atoms with Gasteiger partial charge in [-0.1, -0.05) is 35.9 Å². The van der Waals surface area contributed by atoms with Gasteiger partial charge in [0.05, 0.1) is 0 Å². The maximum absolute atomic E-state index is 12.2. The number of nitrogens with zero attached hydrogens (tertiary/aromatic N) is 2. The van der Waals surface area contributed by atoms with Crippen molar-refractivity contribution in [1.29, 1.82) is 5.26 Å². The largest absolute Gasteiger partial charge is 0.345 e. The summed E-state index contributed by atoms with van der Waals surface area (Å²) in [6.45, 7) is 1.94. The lowest BCUT2D eigenvalue weighted by Gasteiger charge is -2.02. The Labute approximate surface area is 117 Å². The molecule has 0 spiro atoms. The SMILES string of the molecule is Cc1ccc(C(=O)/C(C#N)=C/Nc2ccccn2)cc1. The van der Waals surface area contributed by atoms with Crippen LogP contribution in [-0.4, -0.2) is 10.8 Å². The molecule has 0 unspecified atom stereocenters. The summed E-state index contributed by atoms with van der Waals surface area (Å²) in [5, 5.41) is 11.9. The summed E-state index contributed by atoms with van der Waals surface area (Å²) in [7, 11) is 0. The van der Waals surface area contributed by atoms with E-state index in [0.717, 1.165) is 5.56 Å². The van der Waals surface area contributed by atoms with Crippen molar-refractivity contribution >= 4 is 11.6 Å². The van der Waals surface area contributed by atoms with Gasteiger partial charge in [-0.3, -0.25) is 4.79 Å². The Hall–Kier alpha value is -2.93. The van der Waals surface area contributed by atoms with E-state index < -0.39 is 0 Å². The fraction of sp³-hybridized carbons (Fsp3) is 0.0625. The van der Waals surface area contributed by atoms with E-state index in [-0.39, 0.29) is 11.4 Å². The Morgan fingerprint density at radius 1 is 1.25 bits per heavy atom. The Morgan fingerprint density at radius 2 is 2.00 bits per heavy atom. The van der Waals surface area contributed by atoms with Gasteiger partial charge in [-0.25, -0.2) is 4.98 Å². The number of carbonyl (C=O) groups is 1. The fourth-order valence-electron chi connectivity index (χ4n) is 1.60. The molecule has 2 rings (SSSR count). The van der Waals surface area contributed by atoms with Crippen LogP contribution in [0, 0.1) is 18.3 Å². The molecule has 2 aromatic rings. The van der Waals surface area contributed by atoms with E-state index >= 15 is 0 Å². The predicted octanol–water partition coefficient (Wildman–Crippen LogP) is 3.09. The molecule has 0 bridgehead atoms. The molecule has 4 nitrogen and oxygen atoms in total. The number of allylic oxidation sites excluding steroid dienone is 1. The van der Waals surface area contributed by atoms with Crippen LogP contribution < -0.4 is 5.32 Å². The van der Waals surface area contributed by atoms with Crippen LogP contribution in [0.1, 0.15) is 15.9 Å². The molecule has 1 aromatic heterocycles. The van der Waals surface area contributed by atoms with Crippen LogP contribution in [0.2, 0.25) is 0 Å². The Morgan fingerprint density at radius 3 is 2.60 bits per heavy atom. The average molecular weight is 263 g/mol. The zero-order chi connectivity index (χ0) is 14.4. The third-order valence-corrected chi connectivity index (χ3v) is 2.71. The second-order valence-corrected chi connectivity index (χ2v) is 4.22. The number of nitrogens with one attached hydrogen (secondary N) is 1. The number of carbonyl (C=O) groups excluding carboxylic acids is 1. The summed E-state index contributed by atoms with van der Waals surface area (Å²) in [5.41, 5.74) is 1.60. The van der Waals surface area contributed by atoms with Crippen LogP contribution in [0.5, 0.6) is 0 Å². The molecule has 0 aliphatic carbocycles. The maximum atomic E-state index is 12.2. The normalized spacial score (nSPS) is 10.7. The molecule has 4 heteroatoms. The number of benzene rings is 1. The number of anilines is 1. The third kappa shape index (κ3) is 3.30. The van der Waals surface area contributed by atoms with Gasteiger partial charge in [0.1, 0.15) is 17.5 Å². The van der Waals surface area contributed by atoms with E-state index in [0.29, 0.717) is 11.4 Å². The summed E-state index contributed by atoms with van der Waals surface area (Å²) in [6.07, 6.45) is 3.01. The summed E-state index contributed by atoms with van der Waals surface area (Å²) in [6, 6.07) is 14.4. The van der Waals surface area contributed by atoms with Crippen molar-refractivity contribution in [2.24, 2.45) is 0 Å². The number of hydrogen-bond acceptors (Lipinski definition) is 4. The van der Waals surface area contributed by atoms with Crippen molar-refractivity contribution < 1.29 is 4.79 Å². The topological polar surface area (TPSA) is 65.8 Å². The minimum absolute atomic E-state index is 0.0412. The first kappa shape index (κ1) is 13.5. The second-order valence-electron chi connectivity index (χ2n) is 4.22. The first-order valence-electron chi connectivity index (χ1n) is 6.10. The van der Waals surface area contributed by atoms with Gasteiger partial charge in [0, 0.05) is 18.0 Å². The average Bonchev–Trinajstić information content (AvgIpc) is 2.49. The number of rotatable bonds is 4. The molecule has 98 valence electrons. The lowest BCUT2D eigenvalue weighted by molar-refractivity contribution is 0.103. The van der Waals surface area contributed by atoms with Crippen molar-refractivity contribution in [2.75, 3.05) is 5.32 Å². The molecular formula is C16H13N3O. The lowest BCUT2D eigenvalue weighted by Crippen LogP contribution is -2.04. The van der Waals surface area contributed by atoms with Gasteiger partial charge in [-0.05, 0) is 19.1 Å². The molecule has 0 fully saturated rings. The Balaban J connectivity index is 2.18. The number of Topliss-reactive ketones (excluding diaryl/α,β-unsaturated/α-hetero) is 1. The van der Waals surface area contributed by atoms with Crippen molar-refractivity contribution in [1.82, 2.24) is 4.98 Å². The summed E-state index contributed by atoms with van der Waals surface area (Å²) in [5.74, 6) is 0.271. The summed E-state index contributed by atoms with van der Waals surface area (Å²) < 4.78 is 0. The van der Waals surface area contributed by atoms with E-state index in [4.69, 9.17) is 5.26 Å². The van der Waals surface area contributed by atoms with Gasteiger partial charge in [-0.15, -0.1) is 0 Å². The van der Waals surface area contributed by atoms with Crippen molar-refractivity contribution in [3.8, 4) is 6.07 Å². The van der Waals surface area contributed by atoms with Crippen LogP contribution in [0.25, 0.3) is 0 Å². The number of ketones is 1. The smallest absolute Gasteiger partial charge is 0.205 e. The highest BCUT2D eigenvalue weighted by Gasteiger charge is 2.11. The van der Waals surface area contributed by atoms with Crippen LogP contribution in [0.15, 0.2) is 60.4 Å². The molecule has 0 aliphatic heterocycles. The van der Waals surface area contributed by atoms with Crippen LogP contribution in [-0.2, 0) is 0 Å². The number of aryl methyl sites for hydroxylation is 1. The number of aromatic nitrogens is 1. The van der Waals surface area contributed by atoms with Crippen molar-refractivity contribution in [2.45, 2.75) is 6.92 Å². The van der Waals surface area contributed by atoms with Gasteiger partial charge >= 0.3 is 0 Å². The van der Waals surface area contributed by atoms with E-state index in [1.54, 1.807) is 30.5 Å². The van der Waals surface area contributed by atoms with Gasteiger partial charge < -0.3 is 5.32 Å². The molecule has 1 N–H and O–H groups in total. The number of pyridine rings is 1. The molecule has 0 atom stereocenters. The zero-order valence-corrected chi connectivity index (χ0v) is 11.0. The highest BCUT2D eigenvalue weighted by Crippen LogP contribution is 2.10. The molecule has 0 radical (unpaired) electrons. The molecule has 0 saturated heterocycles. The molecule has 0 aliphatic rings. The van der Waals surface area contributed by atoms with E-state index in [1.165, 1.54) is 6.20 Å². The molecule has 0 saturated carbocycles. The molecule has 1 heterocycles. The second kappa shape index (κ2) is 6.30. The Bertz CT molecular complexity index is 667. The highest BCUT2D eigenvalue weighted by atomic mass is 16.1. The molecule has 20 heavy (non-hydrogen) atoms. The van der Waals surface area contributed by atoms with Crippen LogP contribution >= 0.6 is 0 Å². The van der Waals surface area contributed by atoms with Crippen molar-refractivity contribution in [3.05, 3.63) is 71.6 Å². The fourth-order valence-corrected chi connectivity index (χ4v) is 1.60. The summed E-state index contributed by atoms with van der Waals surface area (Å²) >= 11 is 0. The van der Waals surface area contributed by atoms with Crippen molar-refractivity contribution in [3.63, 3.8) is 0 Å². The van der Waals surface area contributed by atoms with Gasteiger partial charge in [0.15, 0.2) is 0 Å². The molecule has 1 aromatic carbocycles. The summed E-state index contributed by atoms with van der Waals surface area (Å²) in [4.78, 5) is 16.2. The monoisotopic (exact) mass is 263 g/mol. The maximum Gasteiger partial charge on any atom is 0.205 e. The lowest BCUT2D eigenvalue weighted by atomic mass is 10.0. The quantitative estimate of drug-likeness (QED) is 0.523. The highest BCUT2D eigenvalue weighted by molar-refractivity contribution is 6.11. The molecule has 0 amide bonds. The van der Waals surface area contributed by atoms with E-state index in [9.17, 15) is 4.79 Å². The molecular weight excluding hydrogens is 250 g/mol. The first-order valence-corrected chi connectivity index (χ1v) is 6.10.